The van der Waals surface area contributed by atoms with Gasteiger partial charge < -0.3 is 18.8 Å². The predicted molar refractivity (Wildman–Crippen MR) is 156 cm³/mol. The molecule has 5 rings (SSSR count). The van der Waals surface area contributed by atoms with E-state index in [1.807, 2.05) is 60.9 Å². The first-order valence-electron chi connectivity index (χ1n) is 13.4. The molecule has 40 heavy (non-hydrogen) atoms. The quantitative estimate of drug-likeness (QED) is 0.123. The van der Waals surface area contributed by atoms with Crippen LogP contribution in [-0.4, -0.2) is 43.6 Å². The summed E-state index contributed by atoms with van der Waals surface area (Å²) in [6, 6.07) is 17.7. The Hall–Kier alpha value is -3.98. The molecule has 4 aromatic rings. The second kappa shape index (κ2) is 12.5. The Balaban J connectivity index is 1.22. The number of para-hydroxylation sites is 2. The first-order valence-corrected chi connectivity index (χ1v) is 14.4. The van der Waals surface area contributed by atoms with Gasteiger partial charge in [-0.2, -0.15) is 0 Å². The van der Waals surface area contributed by atoms with Gasteiger partial charge in [-0.05, 0) is 56.2 Å². The number of aryl methyl sites for hydroxylation is 2. The minimum Gasteiger partial charge on any atom is -0.486 e. The summed E-state index contributed by atoms with van der Waals surface area (Å²) in [5, 5.41) is 9.33. The van der Waals surface area contributed by atoms with E-state index in [1.54, 1.807) is 6.08 Å². The molecule has 2 aromatic heterocycles. The van der Waals surface area contributed by atoms with Gasteiger partial charge in [-0.25, -0.2) is 0 Å². The van der Waals surface area contributed by atoms with Crippen molar-refractivity contribution in [2.24, 2.45) is 0 Å². The number of hydrogen-bond donors (Lipinski definition) is 0. The third-order valence-electron chi connectivity index (χ3n) is 6.96. The number of ketones is 1. The van der Waals surface area contributed by atoms with E-state index in [1.165, 1.54) is 17.3 Å². The fourth-order valence-electron chi connectivity index (χ4n) is 4.74. The maximum absolute atomic E-state index is 13.3. The summed E-state index contributed by atoms with van der Waals surface area (Å²) in [6.07, 6.45) is 2.63. The molecule has 1 atom stereocenters. The molecule has 0 radical (unpaired) electrons. The van der Waals surface area contributed by atoms with E-state index < -0.39 is 0 Å². The Bertz CT molecular complexity index is 1490. The molecule has 1 aliphatic rings. The van der Waals surface area contributed by atoms with E-state index in [0.29, 0.717) is 36.2 Å². The molecule has 208 valence electrons. The van der Waals surface area contributed by atoms with Crippen LogP contribution in [0, 0.1) is 13.8 Å². The summed E-state index contributed by atoms with van der Waals surface area (Å²) in [6.45, 7) is 11.8. The number of thioether (sulfide) groups is 1. The summed E-state index contributed by atoms with van der Waals surface area (Å²) in [7, 11) is 0. The number of rotatable bonds is 12. The lowest BCUT2D eigenvalue weighted by atomic mass is 10.2. The van der Waals surface area contributed by atoms with Crippen molar-refractivity contribution < 1.29 is 19.0 Å². The van der Waals surface area contributed by atoms with Crippen molar-refractivity contribution in [3.63, 3.8) is 0 Å². The summed E-state index contributed by atoms with van der Waals surface area (Å²) in [5.41, 5.74) is 3.89. The largest absolute Gasteiger partial charge is 0.486 e. The second-order valence-corrected chi connectivity index (χ2v) is 10.6. The van der Waals surface area contributed by atoms with Crippen LogP contribution in [0.3, 0.4) is 0 Å². The molecule has 9 heteroatoms. The van der Waals surface area contributed by atoms with Gasteiger partial charge in [0.2, 0.25) is 0 Å². The molecule has 0 fully saturated rings. The molecule has 0 saturated carbocycles. The van der Waals surface area contributed by atoms with Gasteiger partial charge in [-0.15, -0.1) is 16.8 Å². The number of nitrogens with zero attached hydrogens (tertiary/aromatic N) is 4. The van der Waals surface area contributed by atoms with Crippen LogP contribution in [0.15, 0.2) is 72.4 Å². The van der Waals surface area contributed by atoms with Crippen molar-refractivity contribution >= 4 is 17.5 Å². The van der Waals surface area contributed by atoms with E-state index in [9.17, 15) is 4.79 Å². The zero-order valence-corrected chi connectivity index (χ0v) is 23.9. The van der Waals surface area contributed by atoms with Gasteiger partial charge >= 0.3 is 0 Å². The molecule has 1 aliphatic heterocycles. The van der Waals surface area contributed by atoms with Crippen molar-refractivity contribution in [2.75, 3.05) is 12.4 Å². The lowest BCUT2D eigenvalue weighted by Crippen LogP contribution is -2.33. The number of carbonyl (C=O) groups excluding carboxylic acids is 1. The maximum atomic E-state index is 13.3. The fraction of sp³-hybridized carbons (Fsp3) is 0.323. The van der Waals surface area contributed by atoms with E-state index >= 15 is 0 Å². The highest BCUT2D eigenvalue weighted by atomic mass is 32.2. The van der Waals surface area contributed by atoms with Crippen molar-refractivity contribution in [3.05, 3.63) is 95.6 Å². The Morgan fingerprint density at radius 2 is 1.90 bits per heavy atom. The molecule has 0 unspecified atom stereocenters. The van der Waals surface area contributed by atoms with Gasteiger partial charge in [0.1, 0.15) is 19.0 Å². The molecular formula is C31H34N4O4S. The number of benzene rings is 2. The van der Waals surface area contributed by atoms with Gasteiger partial charge in [0.25, 0.3) is 0 Å². The highest BCUT2D eigenvalue weighted by molar-refractivity contribution is 7.99. The maximum Gasteiger partial charge on any atom is 0.192 e. The first-order chi connectivity index (χ1) is 19.5. The van der Waals surface area contributed by atoms with Gasteiger partial charge in [0.15, 0.2) is 34.4 Å². The number of allylic oxidation sites excluding steroid dienone is 1. The van der Waals surface area contributed by atoms with Crippen molar-refractivity contribution in [2.45, 2.75) is 58.1 Å². The van der Waals surface area contributed by atoms with Crippen LogP contribution in [0.5, 0.6) is 17.2 Å². The number of fused-ring (bicyclic) bond motifs is 1. The van der Waals surface area contributed by atoms with E-state index in [2.05, 4.69) is 40.4 Å². The molecule has 8 nitrogen and oxygen atoms in total. The first kappa shape index (κ1) is 27.6. The van der Waals surface area contributed by atoms with Crippen LogP contribution in [0.25, 0.3) is 0 Å². The minimum absolute atomic E-state index is 0.0393. The third kappa shape index (κ3) is 6.09. The van der Waals surface area contributed by atoms with Gasteiger partial charge in [0, 0.05) is 23.5 Å². The van der Waals surface area contributed by atoms with Gasteiger partial charge in [0.05, 0.1) is 12.3 Å². The third-order valence-corrected chi connectivity index (χ3v) is 7.93. The number of aromatic nitrogens is 4. The van der Waals surface area contributed by atoms with Gasteiger partial charge in [-0.1, -0.05) is 49.0 Å². The Morgan fingerprint density at radius 1 is 1.12 bits per heavy atom. The SMILES string of the molecule is C=CCn1c(COc2ccc(CC)cc2)nnc1SCC(=O)c1cc(C)n(C[C@H]2COc3ccccc3O2)c1C. The fourth-order valence-corrected chi connectivity index (χ4v) is 5.59. The van der Waals surface area contributed by atoms with Crippen molar-refractivity contribution in [1.29, 1.82) is 0 Å². The van der Waals surface area contributed by atoms with Crippen LogP contribution in [-0.2, 0) is 26.1 Å². The second-order valence-electron chi connectivity index (χ2n) is 9.69. The number of carbonyl (C=O) groups is 1. The molecule has 2 aromatic carbocycles. The van der Waals surface area contributed by atoms with Crippen LogP contribution in [0.4, 0.5) is 0 Å². The van der Waals surface area contributed by atoms with Crippen molar-refractivity contribution in [1.82, 2.24) is 19.3 Å². The van der Waals surface area contributed by atoms with E-state index in [0.717, 1.165) is 35.1 Å². The summed E-state index contributed by atoms with van der Waals surface area (Å²) in [5.74, 6) is 3.25. The summed E-state index contributed by atoms with van der Waals surface area (Å²) in [4.78, 5) is 13.3. The minimum atomic E-state index is -0.139. The van der Waals surface area contributed by atoms with Gasteiger partial charge in [-0.3, -0.25) is 9.36 Å². The van der Waals surface area contributed by atoms with Crippen molar-refractivity contribution in [3.8, 4) is 17.2 Å². The van der Waals surface area contributed by atoms with E-state index in [-0.39, 0.29) is 24.2 Å². The lowest BCUT2D eigenvalue weighted by Gasteiger charge is -2.27. The van der Waals surface area contributed by atoms with Crippen LogP contribution >= 0.6 is 11.8 Å². The average molecular weight is 559 g/mol. The molecule has 0 aliphatic carbocycles. The summed E-state index contributed by atoms with van der Waals surface area (Å²) >= 11 is 1.37. The molecule has 3 heterocycles. The van der Waals surface area contributed by atoms with Crippen LogP contribution < -0.4 is 14.2 Å². The monoisotopic (exact) mass is 558 g/mol. The number of Topliss-reactive ketones (excluding diaryl/α,β-unsaturated/α-hetero) is 1. The molecule has 0 amide bonds. The van der Waals surface area contributed by atoms with Crippen LogP contribution in [0.1, 0.15) is 40.1 Å². The highest BCUT2D eigenvalue weighted by Crippen LogP contribution is 2.32. The predicted octanol–water partition coefficient (Wildman–Crippen LogP) is 5.84. The lowest BCUT2D eigenvalue weighted by molar-refractivity contribution is 0.0777. The normalized spacial score (nSPS) is 14.2. The zero-order chi connectivity index (χ0) is 28.1. The Morgan fingerprint density at radius 3 is 2.65 bits per heavy atom. The Kier molecular flexibility index (Phi) is 8.60. The number of hydrogen-bond acceptors (Lipinski definition) is 7. The molecule has 0 saturated heterocycles. The zero-order valence-electron chi connectivity index (χ0n) is 23.1. The Labute approximate surface area is 239 Å². The molecule has 0 N–H and O–H groups in total. The van der Waals surface area contributed by atoms with Crippen LogP contribution in [0.2, 0.25) is 0 Å². The molecular weight excluding hydrogens is 524 g/mol. The molecule has 0 bridgehead atoms. The number of ether oxygens (including phenoxy) is 3. The smallest absolute Gasteiger partial charge is 0.192 e. The highest BCUT2D eigenvalue weighted by Gasteiger charge is 2.24. The standard InChI is InChI=1S/C31H34N4O4S/c1-5-15-34-30(19-37-24-13-11-23(6-2)12-14-24)32-33-31(34)40-20-27(36)26-16-21(3)35(22(26)4)17-25-18-38-28-9-7-8-10-29(28)39-25/h5,7-14,16,25H,1,6,15,17-20H2,2-4H3/t25-/m0/s1. The average Bonchev–Trinajstić information content (AvgIpc) is 3.50. The summed E-state index contributed by atoms with van der Waals surface area (Å²) < 4.78 is 22.0. The molecule has 0 spiro atoms. The topological polar surface area (TPSA) is 80.4 Å². The van der Waals surface area contributed by atoms with E-state index in [4.69, 9.17) is 14.2 Å².